The molecule has 8 heteroatoms. The van der Waals surface area contributed by atoms with Gasteiger partial charge in [-0.2, -0.15) is 26.3 Å². The van der Waals surface area contributed by atoms with Gasteiger partial charge in [-0.3, -0.25) is 0 Å². The van der Waals surface area contributed by atoms with Gasteiger partial charge in [0.1, 0.15) is 0 Å². The van der Waals surface area contributed by atoms with E-state index in [1.807, 2.05) is 0 Å². The molecule has 37 heavy (non-hydrogen) atoms. The van der Waals surface area contributed by atoms with Gasteiger partial charge in [0.2, 0.25) is 0 Å². The summed E-state index contributed by atoms with van der Waals surface area (Å²) in [5.74, 6) is -4.72. The summed E-state index contributed by atoms with van der Waals surface area (Å²) in [7, 11) is 0. The first kappa shape index (κ1) is 25.0. The number of aryl methyl sites for hydroxylation is 2. The quantitative estimate of drug-likeness (QED) is 0.204. The van der Waals surface area contributed by atoms with Crippen molar-refractivity contribution in [3.05, 3.63) is 102 Å². The van der Waals surface area contributed by atoms with Gasteiger partial charge < -0.3 is 0 Å². The lowest BCUT2D eigenvalue weighted by atomic mass is 9.95. The fraction of sp³-hybridized carbons (Fsp3) is 0.172. The highest BCUT2D eigenvalue weighted by molar-refractivity contribution is 7.13. The van der Waals surface area contributed by atoms with Crippen molar-refractivity contribution in [3.63, 3.8) is 0 Å². The van der Waals surface area contributed by atoms with E-state index in [2.05, 4.69) is 35.1 Å². The molecule has 0 bridgehead atoms. The van der Waals surface area contributed by atoms with Crippen LogP contribution in [0.2, 0.25) is 0 Å². The van der Waals surface area contributed by atoms with Crippen LogP contribution in [0.4, 0.5) is 26.3 Å². The van der Waals surface area contributed by atoms with Crippen molar-refractivity contribution in [3.8, 4) is 23.7 Å². The maximum absolute atomic E-state index is 15.2. The van der Waals surface area contributed by atoms with Gasteiger partial charge in [0.25, 0.3) is 0 Å². The molecule has 2 heterocycles. The van der Waals surface area contributed by atoms with E-state index in [0.29, 0.717) is 11.1 Å². The van der Waals surface area contributed by atoms with Crippen LogP contribution in [0.15, 0.2) is 71.2 Å². The van der Waals surface area contributed by atoms with Crippen molar-refractivity contribution in [1.82, 2.24) is 0 Å². The molecule has 0 atom stereocenters. The van der Waals surface area contributed by atoms with Gasteiger partial charge in [-0.25, -0.2) is 0 Å². The summed E-state index contributed by atoms with van der Waals surface area (Å²) >= 11 is 1.94. The van der Waals surface area contributed by atoms with Crippen molar-refractivity contribution in [2.45, 2.75) is 31.6 Å². The van der Waals surface area contributed by atoms with Crippen LogP contribution in [0.3, 0.4) is 0 Å². The second kappa shape index (κ2) is 8.73. The number of hydrogen-bond acceptors (Lipinski definition) is 2. The van der Waals surface area contributed by atoms with Crippen LogP contribution in [-0.2, 0) is 0 Å². The Morgan fingerprint density at radius 2 is 1.05 bits per heavy atom. The minimum absolute atomic E-state index is 0.177. The first-order chi connectivity index (χ1) is 17.4. The molecule has 5 rings (SSSR count). The zero-order valence-corrected chi connectivity index (χ0v) is 20.8. The SMILES string of the molecule is Cc1sc(C#CC2=C=CC=C2)cc1C1=C(c2cc(C#CC3=C=CC=C3)sc2C)C(F)(F)C(F)(F)C1(F)F. The van der Waals surface area contributed by atoms with E-state index in [-0.39, 0.29) is 30.6 Å². The van der Waals surface area contributed by atoms with E-state index in [0.717, 1.165) is 22.7 Å². The number of alkyl halides is 6. The van der Waals surface area contributed by atoms with Gasteiger partial charge in [0, 0.05) is 20.9 Å². The molecule has 0 amide bonds. The van der Waals surface area contributed by atoms with Gasteiger partial charge in [-0.15, -0.1) is 34.1 Å². The molecule has 184 valence electrons. The summed E-state index contributed by atoms with van der Waals surface area (Å²) in [6.45, 7) is 2.84. The van der Waals surface area contributed by atoms with Crippen LogP contribution in [0.1, 0.15) is 30.6 Å². The van der Waals surface area contributed by atoms with E-state index in [9.17, 15) is 8.78 Å². The first-order valence-electron chi connectivity index (χ1n) is 10.8. The van der Waals surface area contributed by atoms with Gasteiger partial charge in [0.05, 0.1) is 20.9 Å². The third-order valence-corrected chi connectivity index (χ3v) is 7.81. The van der Waals surface area contributed by atoms with Crippen molar-refractivity contribution >= 4 is 33.8 Å². The first-order valence-corrected chi connectivity index (χ1v) is 12.5. The second-order valence-corrected chi connectivity index (χ2v) is 10.8. The molecule has 3 aliphatic rings. The summed E-state index contributed by atoms with van der Waals surface area (Å²) in [5.41, 5.74) is 3.33. The standard InChI is InChI=1S/C29H14F6S2/c1-17-23(15-21(36-17)13-11-19-7-3-4-8-19)25-26(28(32,33)29(34,35)27(25,30)31)24-16-22(37-18(24)2)14-12-20-9-5-6-10-20/h3-7,9,15-16H,1-2H3. The van der Waals surface area contributed by atoms with Crippen LogP contribution in [0, 0.1) is 37.5 Å². The van der Waals surface area contributed by atoms with Gasteiger partial charge in [0.15, 0.2) is 0 Å². The maximum Gasteiger partial charge on any atom is 0.380 e. The molecule has 2 aromatic rings. The van der Waals surface area contributed by atoms with Crippen molar-refractivity contribution in [2.75, 3.05) is 0 Å². The molecule has 0 aliphatic heterocycles. The molecule has 0 spiro atoms. The largest absolute Gasteiger partial charge is 0.380 e. The predicted molar refractivity (Wildman–Crippen MR) is 135 cm³/mol. The Kier molecular flexibility index (Phi) is 5.91. The lowest BCUT2D eigenvalue weighted by Gasteiger charge is -2.25. The van der Waals surface area contributed by atoms with Crippen LogP contribution in [-0.4, -0.2) is 17.8 Å². The molecular formula is C29H14F6S2. The molecule has 0 aromatic carbocycles. The predicted octanol–water partition coefficient (Wildman–Crippen LogP) is 8.26. The van der Waals surface area contributed by atoms with E-state index in [4.69, 9.17) is 0 Å². The highest BCUT2D eigenvalue weighted by Gasteiger charge is 2.80. The van der Waals surface area contributed by atoms with Crippen LogP contribution in [0.5, 0.6) is 0 Å². The molecule has 0 unspecified atom stereocenters. The number of halogens is 6. The molecule has 0 N–H and O–H groups in total. The lowest BCUT2D eigenvalue weighted by Crippen LogP contribution is -2.48. The van der Waals surface area contributed by atoms with Crippen LogP contribution in [0.25, 0.3) is 11.1 Å². The van der Waals surface area contributed by atoms with Crippen molar-refractivity contribution in [2.24, 2.45) is 0 Å². The van der Waals surface area contributed by atoms with E-state index < -0.39 is 28.9 Å². The minimum atomic E-state index is -5.63. The Hall–Kier alpha value is -3.64. The average molecular weight is 541 g/mol. The monoisotopic (exact) mass is 540 g/mol. The highest BCUT2D eigenvalue weighted by atomic mass is 32.1. The van der Waals surface area contributed by atoms with E-state index in [1.54, 1.807) is 36.5 Å². The van der Waals surface area contributed by atoms with Crippen LogP contribution < -0.4 is 0 Å². The summed E-state index contributed by atoms with van der Waals surface area (Å²) in [5, 5.41) is 0. The normalized spacial score (nSPS) is 19.6. The van der Waals surface area contributed by atoms with E-state index >= 15 is 17.6 Å². The zero-order valence-electron chi connectivity index (χ0n) is 19.2. The summed E-state index contributed by atoms with van der Waals surface area (Å²) in [4.78, 5) is 0.915. The number of hydrogen-bond donors (Lipinski definition) is 0. The average Bonchev–Trinajstić information content (AvgIpc) is 3.63. The zero-order chi connectivity index (χ0) is 26.6. The Bertz CT molecular complexity index is 1570. The molecule has 0 saturated heterocycles. The number of rotatable bonds is 2. The third kappa shape index (κ3) is 4.00. The molecular weight excluding hydrogens is 526 g/mol. The van der Waals surface area contributed by atoms with Crippen molar-refractivity contribution < 1.29 is 26.3 Å². The minimum Gasteiger partial charge on any atom is -0.194 e. The molecule has 0 saturated carbocycles. The lowest BCUT2D eigenvalue weighted by molar-refractivity contribution is -0.254. The maximum atomic E-state index is 15.2. The summed E-state index contributed by atoms with van der Waals surface area (Å²) < 4.78 is 90.3. The highest BCUT2D eigenvalue weighted by Crippen LogP contribution is 2.65. The molecule has 0 nitrogen and oxygen atoms in total. The second-order valence-electron chi connectivity index (χ2n) is 8.30. The Morgan fingerprint density at radius 3 is 1.41 bits per heavy atom. The molecule has 2 aromatic heterocycles. The van der Waals surface area contributed by atoms with Crippen LogP contribution >= 0.6 is 22.7 Å². The fourth-order valence-corrected chi connectivity index (χ4v) is 5.85. The van der Waals surface area contributed by atoms with Crippen molar-refractivity contribution in [1.29, 1.82) is 0 Å². The van der Waals surface area contributed by atoms with Gasteiger partial charge >= 0.3 is 17.8 Å². The third-order valence-electron chi connectivity index (χ3n) is 5.88. The Morgan fingerprint density at radius 1 is 0.649 bits per heavy atom. The Balaban J connectivity index is 1.69. The fourth-order valence-electron chi connectivity index (χ4n) is 4.09. The number of allylic oxidation sites excluding steroid dienone is 8. The summed E-state index contributed by atoms with van der Waals surface area (Å²) in [6, 6.07) is 2.34. The van der Waals surface area contributed by atoms with E-state index in [1.165, 1.54) is 26.0 Å². The van der Waals surface area contributed by atoms with Gasteiger partial charge in [-0.05, 0) is 61.4 Å². The summed E-state index contributed by atoms with van der Waals surface area (Å²) in [6.07, 6.45) is 10.1. The van der Waals surface area contributed by atoms with Gasteiger partial charge in [-0.1, -0.05) is 35.8 Å². The topological polar surface area (TPSA) is 0 Å². The molecule has 0 radical (unpaired) electrons. The molecule has 0 fully saturated rings. The molecule has 3 aliphatic carbocycles. The smallest absolute Gasteiger partial charge is 0.194 e. The number of thiophene rings is 2. The Labute approximate surface area is 217 Å².